The van der Waals surface area contributed by atoms with E-state index in [1.165, 1.54) is 0 Å². The van der Waals surface area contributed by atoms with Crippen LogP contribution in [0.1, 0.15) is 25.1 Å². The maximum atomic E-state index is 13.1. The molecule has 0 aromatic heterocycles. The van der Waals surface area contributed by atoms with Crippen LogP contribution in [-0.2, 0) is 0 Å². The van der Waals surface area contributed by atoms with Crippen LogP contribution in [0.2, 0.25) is 0 Å². The minimum atomic E-state index is -0.115. The lowest BCUT2D eigenvalue weighted by Gasteiger charge is -2.28. The third-order valence-electron chi connectivity index (χ3n) is 4.85. The number of para-hydroxylation sites is 1. The Bertz CT molecular complexity index is 732. The first-order chi connectivity index (χ1) is 11.7. The molecular formula is C19H21N3O2. The zero-order valence-corrected chi connectivity index (χ0v) is 13.9. The van der Waals surface area contributed by atoms with Gasteiger partial charge in [0.2, 0.25) is 0 Å². The number of anilines is 1. The Morgan fingerprint density at radius 1 is 1.04 bits per heavy atom. The van der Waals surface area contributed by atoms with Crippen LogP contribution in [0.4, 0.5) is 10.5 Å². The van der Waals surface area contributed by atoms with Crippen LogP contribution < -0.4 is 9.64 Å². The monoisotopic (exact) mass is 323 g/mol. The molecule has 4 rings (SSSR count). The van der Waals surface area contributed by atoms with Gasteiger partial charge in [0.15, 0.2) is 0 Å². The number of benzene rings is 2. The second-order valence-electron chi connectivity index (χ2n) is 6.28. The summed E-state index contributed by atoms with van der Waals surface area (Å²) in [5.41, 5.74) is 2.01. The van der Waals surface area contributed by atoms with Gasteiger partial charge in [0.1, 0.15) is 11.9 Å². The lowest BCUT2D eigenvalue weighted by atomic mass is 10.1. The van der Waals surface area contributed by atoms with Crippen molar-refractivity contribution < 1.29 is 9.53 Å². The van der Waals surface area contributed by atoms with Gasteiger partial charge >= 0.3 is 6.03 Å². The van der Waals surface area contributed by atoms with Gasteiger partial charge in [0.25, 0.3) is 0 Å². The van der Waals surface area contributed by atoms with Crippen LogP contribution in [0, 0.1) is 0 Å². The number of fused-ring (bicyclic) bond motifs is 1. The number of hydrogen-bond donors (Lipinski definition) is 0. The fourth-order valence-corrected chi connectivity index (χ4v) is 3.63. The summed E-state index contributed by atoms with van der Waals surface area (Å²) >= 11 is 0. The lowest BCUT2D eigenvalue weighted by molar-refractivity contribution is 0.0519. The van der Waals surface area contributed by atoms with Gasteiger partial charge in [0, 0.05) is 18.3 Å². The SMILES string of the molecule is COc1ccc([C@@H]2N(c3ccccc3)C(=O)N3[C@H](C)CCN23)cc1. The number of rotatable bonds is 3. The van der Waals surface area contributed by atoms with Crippen molar-refractivity contribution in [2.24, 2.45) is 0 Å². The predicted octanol–water partition coefficient (Wildman–Crippen LogP) is 3.65. The Morgan fingerprint density at radius 3 is 2.42 bits per heavy atom. The maximum absolute atomic E-state index is 13.1. The molecule has 0 bridgehead atoms. The second kappa shape index (κ2) is 5.83. The maximum Gasteiger partial charge on any atom is 0.341 e. The van der Waals surface area contributed by atoms with Gasteiger partial charge < -0.3 is 4.74 Å². The van der Waals surface area contributed by atoms with Crippen molar-refractivity contribution >= 4 is 11.7 Å². The largest absolute Gasteiger partial charge is 0.497 e. The van der Waals surface area contributed by atoms with E-state index in [-0.39, 0.29) is 18.2 Å². The first-order valence-corrected chi connectivity index (χ1v) is 8.28. The van der Waals surface area contributed by atoms with Crippen LogP contribution in [-0.4, -0.2) is 35.7 Å². The fraction of sp³-hybridized carbons (Fsp3) is 0.316. The molecule has 0 radical (unpaired) electrons. The van der Waals surface area contributed by atoms with E-state index in [2.05, 4.69) is 11.9 Å². The topological polar surface area (TPSA) is 36.0 Å². The van der Waals surface area contributed by atoms with E-state index in [0.29, 0.717) is 0 Å². The molecular weight excluding hydrogens is 302 g/mol. The van der Waals surface area contributed by atoms with Crippen molar-refractivity contribution in [3.8, 4) is 5.75 Å². The quantitative estimate of drug-likeness (QED) is 0.865. The second-order valence-corrected chi connectivity index (χ2v) is 6.28. The van der Waals surface area contributed by atoms with Gasteiger partial charge in [-0.25, -0.2) is 4.79 Å². The Labute approximate surface area is 142 Å². The van der Waals surface area contributed by atoms with Crippen molar-refractivity contribution in [3.63, 3.8) is 0 Å². The number of nitrogens with zero attached hydrogens (tertiary/aromatic N) is 3. The third-order valence-corrected chi connectivity index (χ3v) is 4.85. The summed E-state index contributed by atoms with van der Waals surface area (Å²) in [7, 11) is 1.66. The summed E-state index contributed by atoms with van der Waals surface area (Å²) in [5, 5.41) is 4.09. The molecule has 2 atom stereocenters. The number of ether oxygens (including phenoxy) is 1. The van der Waals surface area contributed by atoms with E-state index in [1.807, 2.05) is 64.5 Å². The highest BCUT2D eigenvalue weighted by molar-refractivity contribution is 5.94. The van der Waals surface area contributed by atoms with E-state index >= 15 is 0 Å². The molecule has 2 aromatic rings. The number of methoxy groups -OCH3 is 1. The van der Waals surface area contributed by atoms with Crippen LogP contribution in [0.3, 0.4) is 0 Å². The number of carbonyl (C=O) groups is 1. The lowest BCUT2D eigenvalue weighted by Crippen LogP contribution is -2.37. The highest BCUT2D eigenvalue weighted by Crippen LogP contribution is 2.42. The summed E-state index contributed by atoms with van der Waals surface area (Å²) in [6.45, 7) is 2.99. The van der Waals surface area contributed by atoms with E-state index in [9.17, 15) is 4.79 Å². The number of amides is 2. The molecule has 2 fully saturated rings. The molecule has 0 N–H and O–H groups in total. The van der Waals surface area contributed by atoms with Gasteiger partial charge in [-0.1, -0.05) is 30.3 Å². The molecule has 0 saturated carbocycles. The Balaban J connectivity index is 1.78. The molecule has 2 aromatic carbocycles. The van der Waals surface area contributed by atoms with E-state index < -0.39 is 0 Å². The highest BCUT2D eigenvalue weighted by atomic mass is 16.5. The number of hydrazine groups is 1. The first-order valence-electron chi connectivity index (χ1n) is 8.28. The fourth-order valence-electron chi connectivity index (χ4n) is 3.63. The van der Waals surface area contributed by atoms with Gasteiger partial charge in [-0.3, -0.25) is 9.91 Å². The zero-order chi connectivity index (χ0) is 16.7. The molecule has 124 valence electrons. The molecule has 2 aliphatic rings. The molecule has 2 saturated heterocycles. The van der Waals surface area contributed by atoms with Crippen molar-refractivity contribution in [2.45, 2.75) is 25.6 Å². The minimum Gasteiger partial charge on any atom is -0.497 e. The molecule has 2 amide bonds. The van der Waals surface area contributed by atoms with Gasteiger partial charge in [-0.05, 0) is 43.2 Å². The Kier molecular flexibility index (Phi) is 3.65. The summed E-state index contributed by atoms with van der Waals surface area (Å²) in [5.74, 6) is 0.820. The molecule has 0 unspecified atom stereocenters. The Hall–Kier alpha value is -2.53. The predicted molar refractivity (Wildman–Crippen MR) is 92.7 cm³/mol. The van der Waals surface area contributed by atoms with Gasteiger partial charge in [-0.2, -0.15) is 5.01 Å². The normalized spacial score (nSPS) is 23.7. The average molecular weight is 323 g/mol. The van der Waals surface area contributed by atoms with Crippen molar-refractivity contribution in [1.82, 2.24) is 10.0 Å². The van der Waals surface area contributed by atoms with Crippen LogP contribution in [0.15, 0.2) is 54.6 Å². The number of urea groups is 1. The van der Waals surface area contributed by atoms with Crippen LogP contribution >= 0.6 is 0 Å². The third kappa shape index (κ3) is 2.24. The van der Waals surface area contributed by atoms with E-state index in [1.54, 1.807) is 7.11 Å². The summed E-state index contributed by atoms with van der Waals surface area (Å²) in [6, 6.07) is 18.1. The summed E-state index contributed by atoms with van der Waals surface area (Å²) in [6.07, 6.45) is 0.886. The average Bonchev–Trinajstić information content (AvgIpc) is 3.14. The molecule has 5 nitrogen and oxygen atoms in total. The van der Waals surface area contributed by atoms with E-state index in [4.69, 9.17) is 4.74 Å². The van der Waals surface area contributed by atoms with Crippen molar-refractivity contribution in [2.75, 3.05) is 18.6 Å². The molecule has 2 heterocycles. The molecule has 2 aliphatic heterocycles. The van der Waals surface area contributed by atoms with Crippen LogP contribution in [0.25, 0.3) is 0 Å². The first kappa shape index (κ1) is 15.0. The molecule has 24 heavy (non-hydrogen) atoms. The van der Waals surface area contributed by atoms with Gasteiger partial charge in [0.05, 0.1) is 7.11 Å². The summed E-state index contributed by atoms with van der Waals surface area (Å²) in [4.78, 5) is 15.0. The highest BCUT2D eigenvalue weighted by Gasteiger charge is 2.50. The molecule has 0 aliphatic carbocycles. The molecule has 5 heteroatoms. The Morgan fingerprint density at radius 2 is 1.75 bits per heavy atom. The zero-order valence-electron chi connectivity index (χ0n) is 13.9. The van der Waals surface area contributed by atoms with Gasteiger partial charge in [-0.15, -0.1) is 0 Å². The minimum absolute atomic E-state index is 0.0482. The molecule has 0 spiro atoms. The smallest absolute Gasteiger partial charge is 0.341 e. The standard InChI is InChI=1S/C19H21N3O2/c1-14-12-13-20-18(15-8-10-17(24-2)11-9-15)21(19(23)22(14)20)16-6-4-3-5-7-16/h3-11,14,18H,12-13H2,1-2H3/t14-,18+/m1/s1. The number of hydrogen-bond acceptors (Lipinski definition) is 3. The van der Waals surface area contributed by atoms with E-state index in [0.717, 1.165) is 30.0 Å². The van der Waals surface area contributed by atoms with Crippen molar-refractivity contribution in [3.05, 3.63) is 60.2 Å². The summed E-state index contributed by atoms with van der Waals surface area (Å²) < 4.78 is 5.26. The number of carbonyl (C=O) groups excluding carboxylic acids is 1. The van der Waals surface area contributed by atoms with Crippen LogP contribution in [0.5, 0.6) is 5.75 Å². The van der Waals surface area contributed by atoms with Crippen molar-refractivity contribution in [1.29, 1.82) is 0 Å².